The fourth-order valence-electron chi connectivity index (χ4n) is 6.97. The van der Waals surface area contributed by atoms with Crippen LogP contribution in [0.3, 0.4) is 0 Å². The third kappa shape index (κ3) is 6.64. The second kappa shape index (κ2) is 13.6. The molecule has 46 heavy (non-hydrogen) atoms. The molecule has 1 saturated carbocycles. The van der Waals surface area contributed by atoms with Gasteiger partial charge in [0.2, 0.25) is 11.8 Å². The first-order chi connectivity index (χ1) is 22.0. The van der Waals surface area contributed by atoms with Gasteiger partial charge in [-0.2, -0.15) is 13.2 Å². The number of carbonyl (C=O) groups is 5. The van der Waals surface area contributed by atoms with Crippen molar-refractivity contribution < 1.29 is 42.3 Å². The summed E-state index contributed by atoms with van der Waals surface area (Å²) in [5, 5.41) is 19.5. The Labute approximate surface area is 263 Å². The summed E-state index contributed by atoms with van der Waals surface area (Å²) in [5.41, 5.74) is -1.19. The van der Waals surface area contributed by atoms with Crippen LogP contribution in [0, 0.1) is 11.8 Å². The molecule has 3 atom stereocenters. The minimum Gasteiger partial charge on any atom is -0.389 e. The Morgan fingerprint density at radius 2 is 1.48 bits per heavy atom. The first kappa shape index (κ1) is 33.1. The smallest absolute Gasteiger partial charge is 0.389 e. The molecule has 1 saturated heterocycles. The first-order valence-corrected chi connectivity index (χ1v) is 15.6. The van der Waals surface area contributed by atoms with Crippen molar-refractivity contribution in [2.75, 3.05) is 13.2 Å². The standard InChI is InChI=1S/C33H37F3N4O6/c34-33(35,36)31(46)40-32(23-12-6-4-10-21(23)22-11-5-7-13-24(22)32)30(45)39-26(16-19-8-2-1-3-9-19)29(44)38-25(27(42)18-41)17-20-14-15-37-28(20)43/h4-7,10-13,19-20,25-26,41H,1-3,8-9,14-18H2,(H,37,43)(H,38,44)(H,39,45)(H,40,46)/t20-,25-,26+/m1/s1. The van der Waals surface area contributed by atoms with Crippen molar-refractivity contribution in [3.8, 4) is 11.1 Å². The van der Waals surface area contributed by atoms with Gasteiger partial charge in [0.15, 0.2) is 11.3 Å². The second-order valence-corrected chi connectivity index (χ2v) is 12.3. The molecule has 5 N–H and O–H groups in total. The van der Waals surface area contributed by atoms with Gasteiger partial charge in [-0.3, -0.25) is 24.0 Å². The number of hydrogen-bond acceptors (Lipinski definition) is 6. The summed E-state index contributed by atoms with van der Waals surface area (Å²) in [6.45, 7) is -0.481. The van der Waals surface area contributed by atoms with Crippen molar-refractivity contribution in [1.29, 1.82) is 0 Å². The van der Waals surface area contributed by atoms with E-state index >= 15 is 0 Å². The summed E-state index contributed by atoms with van der Waals surface area (Å²) in [6.07, 6.45) is -0.457. The summed E-state index contributed by atoms with van der Waals surface area (Å²) < 4.78 is 41.2. The largest absolute Gasteiger partial charge is 0.471 e. The van der Waals surface area contributed by atoms with E-state index in [-0.39, 0.29) is 35.8 Å². The van der Waals surface area contributed by atoms with E-state index in [1.807, 2.05) is 5.32 Å². The molecule has 5 rings (SSSR count). The first-order valence-electron chi connectivity index (χ1n) is 15.6. The van der Waals surface area contributed by atoms with Crippen LogP contribution in [0.2, 0.25) is 0 Å². The maximum absolute atomic E-state index is 14.5. The number of ketones is 1. The van der Waals surface area contributed by atoms with Crippen LogP contribution >= 0.6 is 0 Å². The molecule has 10 nitrogen and oxygen atoms in total. The van der Waals surface area contributed by atoms with Gasteiger partial charge in [-0.05, 0) is 47.4 Å². The number of benzene rings is 2. The fraction of sp³-hybridized carbons (Fsp3) is 0.485. The van der Waals surface area contributed by atoms with Gasteiger partial charge in [0.25, 0.3) is 5.91 Å². The van der Waals surface area contributed by atoms with Gasteiger partial charge in [-0.25, -0.2) is 0 Å². The molecular formula is C33H37F3N4O6. The van der Waals surface area contributed by atoms with Gasteiger partial charge in [0.1, 0.15) is 12.6 Å². The topological polar surface area (TPSA) is 154 Å². The highest BCUT2D eigenvalue weighted by Crippen LogP contribution is 2.48. The Morgan fingerprint density at radius 1 is 0.870 bits per heavy atom. The van der Waals surface area contributed by atoms with E-state index in [1.165, 1.54) is 12.1 Å². The molecule has 0 bridgehead atoms. The van der Waals surface area contributed by atoms with Crippen LogP contribution in [0.5, 0.6) is 0 Å². The third-order valence-corrected chi connectivity index (χ3v) is 9.31. The van der Waals surface area contributed by atoms with Gasteiger partial charge in [-0.1, -0.05) is 80.6 Å². The monoisotopic (exact) mass is 642 g/mol. The molecule has 13 heteroatoms. The van der Waals surface area contributed by atoms with Crippen LogP contribution in [0.4, 0.5) is 13.2 Å². The molecule has 3 aliphatic rings. The zero-order chi connectivity index (χ0) is 33.1. The number of amides is 4. The molecule has 0 spiro atoms. The minimum atomic E-state index is -5.32. The lowest BCUT2D eigenvalue weighted by Gasteiger charge is -2.35. The Kier molecular flexibility index (Phi) is 9.80. The highest BCUT2D eigenvalue weighted by molar-refractivity contribution is 6.05. The van der Waals surface area contributed by atoms with Crippen LogP contribution in [0.1, 0.15) is 62.5 Å². The van der Waals surface area contributed by atoms with Crippen molar-refractivity contribution in [3.05, 3.63) is 59.7 Å². The molecule has 2 aliphatic carbocycles. The predicted octanol–water partition coefficient (Wildman–Crippen LogP) is 2.62. The number of hydrogen-bond donors (Lipinski definition) is 5. The predicted molar refractivity (Wildman–Crippen MR) is 160 cm³/mol. The van der Waals surface area contributed by atoms with Crippen molar-refractivity contribution in [3.63, 3.8) is 0 Å². The molecule has 1 aliphatic heterocycles. The lowest BCUT2D eigenvalue weighted by Crippen LogP contribution is -2.62. The molecular weight excluding hydrogens is 605 g/mol. The zero-order valence-corrected chi connectivity index (χ0v) is 25.1. The molecule has 2 fully saturated rings. The lowest BCUT2D eigenvalue weighted by atomic mass is 9.83. The van der Waals surface area contributed by atoms with E-state index in [0.717, 1.165) is 32.1 Å². The van der Waals surface area contributed by atoms with Crippen molar-refractivity contribution >= 4 is 29.4 Å². The summed E-state index contributed by atoms with van der Waals surface area (Å²) in [4.78, 5) is 65.8. The summed E-state index contributed by atoms with van der Waals surface area (Å²) in [6, 6.07) is 10.1. The Bertz CT molecular complexity index is 1460. The molecule has 1 heterocycles. The molecule has 2 aromatic rings. The number of aliphatic hydroxyl groups excluding tert-OH is 1. The molecule has 0 aromatic heterocycles. The zero-order valence-electron chi connectivity index (χ0n) is 25.1. The highest BCUT2D eigenvalue weighted by atomic mass is 19.4. The fourth-order valence-corrected chi connectivity index (χ4v) is 6.97. The molecule has 2 aromatic carbocycles. The van der Waals surface area contributed by atoms with Gasteiger partial charge in [0, 0.05) is 12.5 Å². The normalized spacial score (nSPS) is 20.1. The van der Waals surface area contributed by atoms with E-state index in [1.54, 1.807) is 36.4 Å². The molecule has 4 amide bonds. The van der Waals surface area contributed by atoms with Gasteiger partial charge in [0.05, 0.1) is 6.04 Å². The van der Waals surface area contributed by atoms with E-state index in [0.29, 0.717) is 24.1 Å². The Morgan fingerprint density at radius 3 is 2.02 bits per heavy atom. The van der Waals surface area contributed by atoms with Crippen molar-refractivity contribution in [2.45, 2.75) is 75.2 Å². The average Bonchev–Trinajstić information content (AvgIpc) is 3.58. The quantitative estimate of drug-likeness (QED) is 0.254. The Hall–Kier alpha value is -4.26. The number of Topliss-reactive ketones (excluding diaryl/α,β-unsaturated/α-hetero) is 1. The van der Waals surface area contributed by atoms with Crippen LogP contribution < -0.4 is 21.3 Å². The number of aliphatic hydroxyl groups is 1. The summed E-state index contributed by atoms with van der Waals surface area (Å²) in [7, 11) is 0. The number of carbonyl (C=O) groups excluding carboxylic acids is 5. The van der Waals surface area contributed by atoms with Crippen LogP contribution in [0.15, 0.2) is 48.5 Å². The number of nitrogens with one attached hydrogen (secondary N) is 4. The van der Waals surface area contributed by atoms with Crippen LogP contribution in [-0.4, -0.2) is 65.9 Å². The van der Waals surface area contributed by atoms with E-state index in [4.69, 9.17) is 0 Å². The molecule has 0 unspecified atom stereocenters. The molecule has 246 valence electrons. The van der Waals surface area contributed by atoms with Crippen molar-refractivity contribution in [1.82, 2.24) is 21.3 Å². The molecule has 0 radical (unpaired) electrons. The highest BCUT2D eigenvalue weighted by Gasteiger charge is 2.54. The maximum atomic E-state index is 14.5. The maximum Gasteiger partial charge on any atom is 0.471 e. The number of halogens is 3. The van der Waals surface area contributed by atoms with E-state index in [2.05, 4.69) is 16.0 Å². The third-order valence-electron chi connectivity index (χ3n) is 9.31. The van der Waals surface area contributed by atoms with Crippen LogP contribution in [-0.2, 0) is 29.5 Å². The SMILES string of the molecule is O=C1NCC[C@@H]1C[C@@H](NC(=O)[C@H](CC1CCCCC1)NC(=O)C1(NC(=O)C(F)(F)F)c2ccccc2-c2ccccc21)C(=O)CO. The Balaban J connectivity index is 1.51. The average molecular weight is 643 g/mol. The summed E-state index contributed by atoms with van der Waals surface area (Å²) in [5.74, 6) is -5.72. The lowest BCUT2D eigenvalue weighted by molar-refractivity contribution is -0.176. The van der Waals surface area contributed by atoms with Gasteiger partial charge < -0.3 is 26.4 Å². The van der Waals surface area contributed by atoms with Crippen molar-refractivity contribution in [2.24, 2.45) is 11.8 Å². The number of fused-ring (bicyclic) bond motifs is 3. The van der Waals surface area contributed by atoms with E-state index in [9.17, 15) is 42.3 Å². The van der Waals surface area contributed by atoms with Gasteiger partial charge in [-0.15, -0.1) is 0 Å². The summed E-state index contributed by atoms with van der Waals surface area (Å²) >= 11 is 0. The second-order valence-electron chi connectivity index (χ2n) is 12.3. The van der Waals surface area contributed by atoms with Gasteiger partial charge >= 0.3 is 12.1 Å². The number of rotatable bonds is 11. The number of alkyl halides is 3. The van der Waals surface area contributed by atoms with E-state index < -0.39 is 59.8 Å². The minimum absolute atomic E-state index is 0.00118. The van der Waals surface area contributed by atoms with Crippen LogP contribution in [0.25, 0.3) is 11.1 Å².